The van der Waals surface area contributed by atoms with Gasteiger partial charge < -0.3 is 15.0 Å². The maximum atomic E-state index is 6.06. The van der Waals surface area contributed by atoms with Crippen LogP contribution in [0.15, 0.2) is 54.9 Å². The highest BCUT2D eigenvalue weighted by Crippen LogP contribution is 2.26. The number of nitrogens with one attached hydrogen (secondary N) is 1. The van der Waals surface area contributed by atoms with Gasteiger partial charge in [0.15, 0.2) is 5.82 Å². The number of para-hydroxylation sites is 1. The number of fused-ring (bicyclic) bond motifs is 3. The highest BCUT2D eigenvalue weighted by atomic mass is 16.6. The number of nitrogens with two attached hydrogens (primary N) is 1. The van der Waals surface area contributed by atoms with Gasteiger partial charge in [-0.15, -0.1) is 0 Å². The largest absolute Gasteiger partial charge is 0.492 e. The second-order valence-corrected chi connectivity index (χ2v) is 5.83. The van der Waals surface area contributed by atoms with Crippen molar-refractivity contribution in [1.82, 2.24) is 14.5 Å². The van der Waals surface area contributed by atoms with Gasteiger partial charge in [-0.1, -0.05) is 18.2 Å². The fourth-order valence-electron chi connectivity index (χ4n) is 2.97. The fraction of sp³-hybridized carbons (Fsp3) is 0.158. The minimum Gasteiger partial charge on any atom is -0.492 e. The molecule has 7 heteroatoms. The molecule has 0 radical (unpaired) electrons. The Morgan fingerprint density at radius 2 is 1.92 bits per heavy atom. The van der Waals surface area contributed by atoms with Crippen LogP contribution in [0.3, 0.4) is 0 Å². The lowest BCUT2D eigenvalue weighted by atomic mass is 10.2. The van der Waals surface area contributed by atoms with E-state index < -0.39 is 0 Å². The Morgan fingerprint density at radius 3 is 2.73 bits per heavy atom. The normalized spacial score (nSPS) is 11.1. The molecule has 0 aliphatic rings. The molecule has 26 heavy (non-hydrogen) atoms. The van der Waals surface area contributed by atoms with Gasteiger partial charge in [-0.05, 0) is 30.3 Å². The summed E-state index contributed by atoms with van der Waals surface area (Å²) >= 11 is 0. The molecule has 2 aromatic carbocycles. The summed E-state index contributed by atoms with van der Waals surface area (Å²) in [5.74, 6) is 1.24. The first kappa shape index (κ1) is 16.2. The molecule has 0 spiro atoms. The minimum absolute atomic E-state index is 0.444. The van der Waals surface area contributed by atoms with Gasteiger partial charge in [0.2, 0.25) is 0 Å². The van der Waals surface area contributed by atoms with Gasteiger partial charge >= 0.3 is 0 Å². The summed E-state index contributed by atoms with van der Waals surface area (Å²) in [6, 6.07) is 15.5. The van der Waals surface area contributed by atoms with Crippen molar-refractivity contribution in [1.29, 1.82) is 0 Å². The van der Waals surface area contributed by atoms with Gasteiger partial charge in [-0.3, -0.25) is 10.3 Å². The number of hydrogen-bond acceptors (Lipinski definition) is 6. The molecular formula is C19H19N5O2. The molecule has 7 nitrogen and oxygen atoms in total. The molecule has 2 heterocycles. The molecule has 0 atom stereocenters. The minimum atomic E-state index is 0.444. The molecule has 4 aromatic rings. The van der Waals surface area contributed by atoms with E-state index in [1.54, 1.807) is 13.4 Å². The van der Waals surface area contributed by atoms with Gasteiger partial charge in [0.25, 0.3) is 0 Å². The quantitative estimate of drug-likeness (QED) is 0.520. The average Bonchev–Trinajstić information content (AvgIpc) is 3.09. The zero-order chi connectivity index (χ0) is 17.9. The summed E-state index contributed by atoms with van der Waals surface area (Å²) in [6.45, 7) is 1.17. The van der Waals surface area contributed by atoms with Gasteiger partial charge in [0.05, 0.1) is 36.7 Å². The number of pyridine rings is 1. The third-order valence-electron chi connectivity index (χ3n) is 4.16. The third kappa shape index (κ3) is 3.00. The Bertz CT molecular complexity index is 1040. The molecule has 4 rings (SSSR count). The molecule has 0 aliphatic carbocycles. The molecule has 0 aliphatic heterocycles. The maximum absolute atomic E-state index is 6.06. The number of hydrogen-bond donors (Lipinski definition) is 2. The first-order chi connectivity index (χ1) is 12.8. The van der Waals surface area contributed by atoms with E-state index in [1.165, 1.54) is 0 Å². The lowest BCUT2D eigenvalue weighted by molar-refractivity contribution is 0.270. The van der Waals surface area contributed by atoms with Gasteiger partial charge in [0, 0.05) is 5.39 Å². The Labute approximate surface area is 150 Å². The third-order valence-corrected chi connectivity index (χ3v) is 4.16. The lowest BCUT2D eigenvalue weighted by Crippen LogP contribution is -2.08. The molecule has 132 valence electrons. The Balaban J connectivity index is 1.54. The highest BCUT2D eigenvalue weighted by Gasteiger charge is 2.11. The van der Waals surface area contributed by atoms with Crippen molar-refractivity contribution in [3.63, 3.8) is 0 Å². The van der Waals surface area contributed by atoms with Crippen molar-refractivity contribution >= 4 is 33.4 Å². The highest BCUT2D eigenvalue weighted by molar-refractivity contribution is 6.06. The van der Waals surface area contributed by atoms with E-state index in [1.807, 2.05) is 48.5 Å². The van der Waals surface area contributed by atoms with Gasteiger partial charge in [-0.2, -0.15) is 0 Å². The van der Waals surface area contributed by atoms with Crippen LogP contribution in [0.2, 0.25) is 0 Å². The standard InChI is InChI=1S/C19H19N5O2/c1-25-23-13-6-8-14(9-7-13)26-11-10-24-12-21-17-18(24)15-4-2-3-5-16(15)22-19(17)20/h2-9,12,23H,10-11H2,1H3,(H2,20,22). The van der Waals surface area contributed by atoms with Gasteiger partial charge in [0.1, 0.15) is 17.9 Å². The second kappa shape index (κ2) is 6.89. The Kier molecular flexibility index (Phi) is 4.28. The van der Waals surface area contributed by atoms with Gasteiger partial charge in [-0.25, -0.2) is 9.97 Å². The van der Waals surface area contributed by atoms with Crippen LogP contribution in [0.25, 0.3) is 21.9 Å². The van der Waals surface area contributed by atoms with E-state index >= 15 is 0 Å². The van der Waals surface area contributed by atoms with Crippen LogP contribution in [0, 0.1) is 0 Å². The Hall–Kier alpha value is -3.32. The number of anilines is 2. The average molecular weight is 349 g/mol. The van der Waals surface area contributed by atoms with Crippen molar-refractivity contribution < 1.29 is 9.57 Å². The van der Waals surface area contributed by atoms with Crippen LogP contribution in [0.5, 0.6) is 5.75 Å². The van der Waals surface area contributed by atoms with Crippen molar-refractivity contribution in [2.24, 2.45) is 0 Å². The lowest BCUT2D eigenvalue weighted by Gasteiger charge is -2.10. The van der Waals surface area contributed by atoms with E-state index in [2.05, 4.69) is 20.0 Å². The first-order valence-electron chi connectivity index (χ1n) is 8.27. The molecular weight excluding hydrogens is 330 g/mol. The molecule has 3 N–H and O–H groups in total. The molecule has 0 fully saturated rings. The summed E-state index contributed by atoms with van der Waals surface area (Å²) in [7, 11) is 1.58. The second-order valence-electron chi connectivity index (χ2n) is 5.83. The van der Waals surface area contributed by atoms with E-state index in [-0.39, 0.29) is 0 Å². The van der Waals surface area contributed by atoms with Crippen LogP contribution in [-0.2, 0) is 11.4 Å². The number of imidazole rings is 1. The van der Waals surface area contributed by atoms with Crippen LogP contribution < -0.4 is 16.0 Å². The molecule has 0 saturated heterocycles. The van der Waals surface area contributed by atoms with Crippen LogP contribution in [-0.4, -0.2) is 28.3 Å². The van der Waals surface area contributed by atoms with Crippen LogP contribution in [0.1, 0.15) is 0 Å². The van der Waals surface area contributed by atoms with Crippen molar-refractivity contribution in [3.05, 3.63) is 54.9 Å². The van der Waals surface area contributed by atoms with E-state index in [4.69, 9.17) is 15.3 Å². The molecule has 2 aromatic heterocycles. The van der Waals surface area contributed by atoms with E-state index in [0.29, 0.717) is 19.0 Å². The summed E-state index contributed by atoms with van der Waals surface area (Å²) < 4.78 is 7.89. The number of ether oxygens (including phenoxy) is 1. The summed E-state index contributed by atoms with van der Waals surface area (Å²) in [5, 5.41) is 1.03. The zero-order valence-corrected chi connectivity index (χ0v) is 14.3. The number of nitrogen functional groups attached to an aromatic ring is 1. The van der Waals surface area contributed by atoms with E-state index in [0.717, 1.165) is 33.4 Å². The van der Waals surface area contributed by atoms with Crippen LogP contribution in [0.4, 0.5) is 11.5 Å². The monoisotopic (exact) mass is 349 g/mol. The predicted octanol–water partition coefficient (Wildman–Crippen LogP) is 3.22. The summed E-state index contributed by atoms with van der Waals surface area (Å²) in [6.07, 6.45) is 1.78. The number of benzene rings is 2. The topological polar surface area (TPSA) is 87.2 Å². The molecule has 0 unspecified atom stereocenters. The van der Waals surface area contributed by atoms with Crippen molar-refractivity contribution in [3.8, 4) is 5.75 Å². The Morgan fingerprint density at radius 1 is 1.12 bits per heavy atom. The summed E-state index contributed by atoms with van der Waals surface area (Å²) in [4.78, 5) is 13.7. The molecule has 0 bridgehead atoms. The molecule has 0 saturated carbocycles. The predicted molar refractivity (Wildman–Crippen MR) is 102 cm³/mol. The van der Waals surface area contributed by atoms with E-state index in [9.17, 15) is 0 Å². The fourth-order valence-corrected chi connectivity index (χ4v) is 2.97. The zero-order valence-electron chi connectivity index (χ0n) is 14.3. The smallest absolute Gasteiger partial charge is 0.152 e. The van der Waals surface area contributed by atoms with Crippen LogP contribution >= 0.6 is 0 Å². The number of nitrogens with zero attached hydrogens (tertiary/aromatic N) is 3. The first-order valence-corrected chi connectivity index (χ1v) is 8.27. The molecule has 0 amide bonds. The summed E-state index contributed by atoms with van der Waals surface area (Å²) in [5.41, 5.74) is 12.3. The van der Waals surface area contributed by atoms with Crippen molar-refractivity contribution in [2.75, 3.05) is 24.9 Å². The number of rotatable bonds is 6. The maximum Gasteiger partial charge on any atom is 0.152 e. The number of aromatic nitrogens is 3. The van der Waals surface area contributed by atoms with Crippen molar-refractivity contribution in [2.45, 2.75) is 6.54 Å². The SMILES string of the molecule is CONc1ccc(OCCn2cnc3c(N)nc4ccccc4c32)cc1.